The van der Waals surface area contributed by atoms with Crippen molar-refractivity contribution in [2.45, 2.75) is 19.3 Å². The first-order valence-corrected chi connectivity index (χ1v) is 7.74. The van der Waals surface area contributed by atoms with Crippen LogP contribution in [-0.2, 0) is 4.79 Å². The molecule has 2 rings (SSSR count). The molecule has 1 amide bonds. The second-order valence-electron chi connectivity index (χ2n) is 5.58. The van der Waals surface area contributed by atoms with Crippen LogP contribution < -0.4 is 25.4 Å². The Hall–Kier alpha value is -3.16. The normalized spacial score (nSPS) is 11.7. The first-order valence-electron chi connectivity index (χ1n) is 7.74. The Morgan fingerprint density at radius 3 is 2.38 bits per heavy atom. The van der Waals surface area contributed by atoms with E-state index in [1.807, 2.05) is 0 Å². The minimum atomic E-state index is -0.852. The Kier molecular flexibility index (Phi) is 5.76. The molecule has 0 aliphatic heterocycles. The van der Waals surface area contributed by atoms with E-state index in [2.05, 4.69) is 0 Å². The molecule has 140 valence electrons. The number of carbonyl (C=O) groups excluding carboxylic acids is 1. The predicted molar refractivity (Wildman–Crippen MR) is 93.1 cm³/mol. The quantitative estimate of drug-likeness (QED) is 0.767. The number of hydrogen-bond donors (Lipinski definition) is 2. The summed E-state index contributed by atoms with van der Waals surface area (Å²) in [6.07, 6.45) is -0.216. The second kappa shape index (κ2) is 7.81. The number of primary amides is 1. The van der Waals surface area contributed by atoms with E-state index in [4.69, 9.17) is 24.4 Å². The third kappa shape index (κ3) is 3.58. The number of hydrogen-bond acceptors (Lipinski definition) is 7. The Bertz CT molecular complexity index is 873. The number of aryl methyl sites for hydroxylation is 1. The number of nitrogens with two attached hydrogens (primary N) is 1. The van der Waals surface area contributed by atoms with Crippen molar-refractivity contribution in [2.75, 3.05) is 21.3 Å². The van der Waals surface area contributed by atoms with Crippen LogP contribution in [0.3, 0.4) is 0 Å². The molecule has 26 heavy (non-hydrogen) atoms. The van der Waals surface area contributed by atoms with Crippen molar-refractivity contribution in [3.05, 3.63) is 45.5 Å². The first kappa shape index (κ1) is 19.2. The molecule has 1 aromatic heterocycles. The molecule has 0 radical (unpaired) electrons. The van der Waals surface area contributed by atoms with E-state index in [1.54, 1.807) is 19.1 Å². The fourth-order valence-corrected chi connectivity index (χ4v) is 2.81. The van der Waals surface area contributed by atoms with Crippen molar-refractivity contribution in [2.24, 2.45) is 5.73 Å². The zero-order valence-electron chi connectivity index (χ0n) is 15.0. The van der Waals surface area contributed by atoms with Crippen molar-refractivity contribution in [1.29, 1.82) is 0 Å². The molecule has 0 spiro atoms. The van der Waals surface area contributed by atoms with Gasteiger partial charge in [0.05, 0.1) is 27.2 Å². The van der Waals surface area contributed by atoms with E-state index >= 15 is 0 Å². The largest absolute Gasteiger partial charge is 0.502 e. The van der Waals surface area contributed by atoms with Crippen LogP contribution in [-0.4, -0.2) is 32.3 Å². The summed E-state index contributed by atoms with van der Waals surface area (Å²) < 4.78 is 21.6. The molecule has 1 heterocycles. The van der Waals surface area contributed by atoms with Crippen molar-refractivity contribution >= 4 is 5.91 Å². The summed E-state index contributed by atoms with van der Waals surface area (Å²) in [6.45, 7) is 1.57. The van der Waals surface area contributed by atoms with Gasteiger partial charge < -0.3 is 29.5 Å². The number of amides is 1. The van der Waals surface area contributed by atoms with Gasteiger partial charge in [-0.3, -0.25) is 9.59 Å². The fraction of sp³-hybridized carbons (Fsp3) is 0.333. The van der Waals surface area contributed by atoms with Crippen molar-refractivity contribution in [3.63, 3.8) is 0 Å². The average Bonchev–Trinajstić information content (AvgIpc) is 2.61. The minimum Gasteiger partial charge on any atom is -0.502 e. The van der Waals surface area contributed by atoms with Gasteiger partial charge in [-0.2, -0.15) is 0 Å². The van der Waals surface area contributed by atoms with Gasteiger partial charge in [-0.1, -0.05) is 6.07 Å². The van der Waals surface area contributed by atoms with Gasteiger partial charge in [-0.15, -0.1) is 0 Å². The highest BCUT2D eigenvalue weighted by molar-refractivity contribution is 5.76. The monoisotopic (exact) mass is 363 g/mol. The molecule has 1 aromatic carbocycles. The van der Waals surface area contributed by atoms with Crippen LogP contribution in [0.4, 0.5) is 0 Å². The van der Waals surface area contributed by atoms with Crippen molar-refractivity contribution in [1.82, 2.24) is 0 Å². The zero-order valence-corrected chi connectivity index (χ0v) is 15.0. The SMILES string of the molecule is COc1ccc(C(CC(N)=O)c2oc(C)cc(=O)c2O)c(OC)c1OC. The third-order valence-corrected chi connectivity index (χ3v) is 3.90. The van der Waals surface area contributed by atoms with E-state index in [9.17, 15) is 14.7 Å². The highest BCUT2D eigenvalue weighted by Crippen LogP contribution is 2.46. The van der Waals surface area contributed by atoms with Gasteiger partial charge in [-0.05, 0) is 13.0 Å². The van der Waals surface area contributed by atoms with E-state index in [-0.39, 0.29) is 23.7 Å². The topological polar surface area (TPSA) is 121 Å². The summed E-state index contributed by atoms with van der Waals surface area (Å²) in [5.41, 5.74) is 5.21. The van der Waals surface area contributed by atoms with Gasteiger partial charge in [-0.25, -0.2) is 0 Å². The fourth-order valence-electron chi connectivity index (χ4n) is 2.81. The van der Waals surface area contributed by atoms with Crippen LogP contribution in [0.15, 0.2) is 27.4 Å². The molecule has 1 atom stereocenters. The lowest BCUT2D eigenvalue weighted by Gasteiger charge is -2.21. The predicted octanol–water partition coefficient (Wildman–Crippen LogP) is 1.69. The van der Waals surface area contributed by atoms with Gasteiger partial charge in [0.15, 0.2) is 17.3 Å². The molecule has 2 aromatic rings. The standard InChI is InChI=1S/C18H21NO7/c1-9-7-12(20)15(22)16(26-9)11(8-14(19)21)10-5-6-13(23-2)18(25-4)17(10)24-3/h5-7,11,22H,8H2,1-4H3,(H2,19,21). The summed E-state index contributed by atoms with van der Waals surface area (Å²) in [4.78, 5) is 23.6. The Balaban J connectivity index is 2.77. The molecule has 3 N–H and O–H groups in total. The Labute approximate surface area is 150 Å². The molecule has 8 heteroatoms. The van der Waals surface area contributed by atoms with E-state index in [0.717, 1.165) is 6.07 Å². The number of benzene rings is 1. The number of methoxy groups -OCH3 is 3. The molecule has 0 saturated heterocycles. The van der Waals surface area contributed by atoms with Crippen LogP contribution in [0.1, 0.15) is 29.4 Å². The molecular weight excluding hydrogens is 342 g/mol. The molecule has 0 aliphatic rings. The molecule has 0 saturated carbocycles. The molecule has 1 unspecified atom stereocenters. The molecule has 0 bridgehead atoms. The number of rotatable bonds is 7. The summed E-state index contributed by atoms with van der Waals surface area (Å²) in [6, 6.07) is 4.41. The average molecular weight is 363 g/mol. The summed E-state index contributed by atoms with van der Waals surface area (Å²) in [5.74, 6) is -0.862. The lowest BCUT2D eigenvalue weighted by Crippen LogP contribution is -2.18. The molecule has 8 nitrogen and oxygen atoms in total. The number of carbonyl (C=O) groups is 1. The molecule has 0 fully saturated rings. The van der Waals surface area contributed by atoms with Crippen molar-refractivity contribution in [3.8, 4) is 23.0 Å². The maximum atomic E-state index is 12.0. The smallest absolute Gasteiger partial charge is 0.227 e. The first-order chi connectivity index (χ1) is 12.3. The van der Waals surface area contributed by atoms with Crippen LogP contribution in [0.5, 0.6) is 23.0 Å². The molecular formula is C18H21NO7. The van der Waals surface area contributed by atoms with E-state index in [0.29, 0.717) is 17.1 Å². The summed E-state index contributed by atoms with van der Waals surface area (Å²) in [7, 11) is 4.34. The maximum absolute atomic E-state index is 12.0. The summed E-state index contributed by atoms with van der Waals surface area (Å²) >= 11 is 0. The van der Waals surface area contributed by atoms with Crippen LogP contribution in [0.25, 0.3) is 0 Å². The van der Waals surface area contributed by atoms with Gasteiger partial charge in [0.2, 0.25) is 22.8 Å². The lowest BCUT2D eigenvalue weighted by molar-refractivity contribution is -0.118. The van der Waals surface area contributed by atoms with Crippen LogP contribution in [0, 0.1) is 6.92 Å². The Morgan fingerprint density at radius 2 is 1.85 bits per heavy atom. The number of ether oxygens (including phenoxy) is 3. The highest BCUT2D eigenvalue weighted by Gasteiger charge is 2.30. The highest BCUT2D eigenvalue weighted by atomic mass is 16.5. The van der Waals surface area contributed by atoms with Crippen molar-refractivity contribution < 1.29 is 28.5 Å². The maximum Gasteiger partial charge on any atom is 0.227 e. The zero-order chi connectivity index (χ0) is 19.4. The van der Waals surface area contributed by atoms with Crippen LogP contribution in [0.2, 0.25) is 0 Å². The van der Waals surface area contributed by atoms with E-state index < -0.39 is 23.0 Å². The summed E-state index contributed by atoms with van der Waals surface area (Å²) in [5, 5.41) is 10.2. The third-order valence-electron chi connectivity index (χ3n) is 3.90. The second-order valence-corrected chi connectivity index (χ2v) is 5.58. The van der Waals surface area contributed by atoms with Crippen LogP contribution >= 0.6 is 0 Å². The van der Waals surface area contributed by atoms with E-state index in [1.165, 1.54) is 21.3 Å². The minimum absolute atomic E-state index is 0.0701. The van der Waals surface area contributed by atoms with Gasteiger partial charge in [0.1, 0.15) is 5.76 Å². The Morgan fingerprint density at radius 1 is 1.19 bits per heavy atom. The lowest BCUT2D eigenvalue weighted by atomic mass is 9.90. The number of aromatic hydroxyl groups is 1. The van der Waals surface area contributed by atoms with Gasteiger partial charge >= 0.3 is 0 Å². The van der Waals surface area contributed by atoms with Gasteiger partial charge in [0, 0.05) is 18.1 Å². The molecule has 0 aliphatic carbocycles. The van der Waals surface area contributed by atoms with Gasteiger partial charge in [0.25, 0.3) is 0 Å².